The highest BCUT2D eigenvalue weighted by Gasteiger charge is 2.31. The summed E-state index contributed by atoms with van der Waals surface area (Å²) < 4.78 is 8.44. The smallest absolute Gasteiger partial charge is 0.147 e. The van der Waals surface area contributed by atoms with Crippen molar-refractivity contribution in [3.8, 4) is 0 Å². The number of nitrogen functional groups attached to an aromatic ring is 1. The summed E-state index contributed by atoms with van der Waals surface area (Å²) in [6.45, 7) is 4.35. The van der Waals surface area contributed by atoms with Crippen molar-refractivity contribution in [1.82, 2.24) is 14.5 Å². The van der Waals surface area contributed by atoms with Crippen molar-refractivity contribution in [2.45, 2.75) is 44.9 Å². The predicted octanol–water partition coefficient (Wildman–Crippen LogP) is 3.80. The van der Waals surface area contributed by atoms with E-state index < -0.39 is 0 Å². The lowest BCUT2D eigenvalue weighted by molar-refractivity contribution is -0.00558. The molecule has 0 bridgehead atoms. The third-order valence-electron chi connectivity index (χ3n) is 5.04. The molecule has 0 aliphatic carbocycles. The first kappa shape index (κ1) is 15.1. The van der Waals surface area contributed by atoms with Crippen LogP contribution in [0.25, 0.3) is 11.0 Å². The van der Waals surface area contributed by atoms with Gasteiger partial charge in [-0.2, -0.15) is 0 Å². The third kappa shape index (κ3) is 2.55. The summed E-state index contributed by atoms with van der Waals surface area (Å²) in [5.74, 6) is 0.887. The molecule has 1 aromatic carbocycles. The van der Waals surface area contributed by atoms with Gasteiger partial charge in [-0.1, -0.05) is 36.8 Å². The standard InChI is InChI=1S/C19H22N4O/c1-12-3-5-14(6-4-12)13(2)16-7-8-17(24-16)23-10-9-15-18(20)21-11-22-19(15)23/h3-6,9-11,13,16-17H,7-8H2,1-2H3,(H2,20,21,22). The molecular formula is C19H22N4O. The average molecular weight is 322 g/mol. The van der Waals surface area contributed by atoms with Crippen molar-refractivity contribution >= 4 is 16.9 Å². The van der Waals surface area contributed by atoms with E-state index in [1.165, 1.54) is 17.5 Å². The Kier molecular flexibility index (Phi) is 3.73. The third-order valence-corrected chi connectivity index (χ3v) is 5.04. The normalized spacial score (nSPS) is 22.1. The topological polar surface area (TPSA) is 66.0 Å². The van der Waals surface area contributed by atoms with E-state index in [-0.39, 0.29) is 12.3 Å². The Balaban J connectivity index is 1.55. The zero-order valence-corrected chi connectivity index (χ0v) is 14.0. The molecule has 1 fully saturated rings. The Bertz CT molecular complexity index is 855. The van der Waals surface area contributed by atoms with E-state index >= 15 is 0 Å². The number of nitrogens with zero attached hydrogens (tertiary/aromatic N) is 3. The Hall–Kier alpha value is -2.40. The highest BCUT2D eigenvalue weighted by atomic mass is 16.5. The Morgan fingerprint density at radius 3 is 2.75 bits per heavy atom. The van der Waals surface area contributed by atoms with E-state index in [9.17, 15) is 0 Å². The van der Waals surface area contributed by atoms with E-state index in [0.717, 1.165) is 23.9 Å². The minimum atomic E-state index is 0.00898. The van der Waals surface area contributed by atoms with Crippen LogP contribution < -0.4 is 5.73 Å². The summed E-state index contributed by atoms with van der Waals surface area (Å²) in [7, 11) is 0. The van der Waals surface area contributed by atoms with Gasteiger partial charge in [0.2, 0.25) is 0 Å². The maximum absolute atomic E-state index is 6.36. The van der Waals surface area contributed by atoms with Gasteiger partial charge in [0.25, 0.3) is 0 Å². The molecule has 0 saturated carbocycles. The molecule has 3 heterocycles. The summed E-state index contributed by atoms with van der Waals surface area (Å²) in [4.78, 5) is 8.43. The van der Waals surface area contributed by atoms with E-state index in [2.05, 4.69) is 52.6 Å². The number of fused-ring (bicyclic) bond motifs is 1. The number of aryl methyl sites for hydroxylation is 1. The largest absolute Gasteiger partial charge is 0.383 e. The maximum Gasteiger partial charge on any atom is 0.147 e. The molecule has 0 spiro atoms. The monoisotopic (exact) mass is 322 g/mol. The molecule has 2 aromatic heterocycles. The molecule has 1 saturated heterocycles. The van der Waals surface area contributed by atoms with Crippen LogP contribution in [0.1, 0.15) is 43.0 Å². The van der Waals surface area contributed by atoms with Crippen LogP contribution in [0.4, 0.5) is 5.82 Å². The molecule has 24 heavy (non-hydrogen) atoms. The molecule has 2 N–H and O–H groups in total. The van der Waals surface area contributed by atoms with Crippen molar-refractivity contribution in [2.75, 3.05) is 5.73 Å². The lowest BCUT2D eigenvalue weighted by Crippen LogP contribution is -2.17. The Morgan fingerprint density at radius 1 is 1.17 bits per heavy atom. The molecule has 0 amide bonds. The van der Waals surface area contributed by atoms with Crippen molar-refractivity contribution in [1.29, 1.82) is 0 Å². The van der Waals surface area contributed by atoms with Crippen LogP contribution in [-0.2, 0) is 4.74 Å². The van der Waals surface area contributed by atoms with E-state index in [1.807, 2.05) is 12.3 Å². The second-order valence-corrected chi connectivity index (χ2v) is 6.63. The number of rotatable bonds is 3. The maximum atomic E-state index is 6.36. The quantitative estimate of drug-likeness (QED) is 0.796. The first-order valence-corrected chi connectivity index (χ1v) is 8.42. The van der Waals surface area contributed by atoms with Crippen LogP contribution in [-0.4, -0.2) is 20.6 Å². The van der Waals surface area contributed by atoms with E-state index in [4.69, 9.17) is 10.5 Å². The zero-order valence-electron chi connectivity index (χ0n) is 14.0. The second kappa shape index (κ2) is 5.91. The van der Waals surface area contributed by atoms with Crippen molar-refractivity contribution in [2.24, 2.45) is 0 Å². The average Bonchev–Trinajstić information content (AvgIpc) is 3.22. The fourth-order valence-electron chi connectivity index (χ4n) is 3.52. The Morgan fingerprint density at radius 2 is 1.96 bits per heavy atom. The fourth-order valence-corrected chi connectivity index (χ4v) is 3.52. The van der Waals surface area contributed by atoms with Crippen LogP contribution >= 0.6 is 0 Å². The molecule has 5 heteroatoms. The van der Waals surface area contributed by atoms with Gasteiger partial charge in [-0.15, -0.1) is 0 Å². The molecular weight excluding hydrogens is 300 g/mol. The van der Waals surface area contributed by atoms with Gasteiger partial charge >= 0.3 is 0 Å². The summed E-state index contributed by atoms with van der Waals surface area (Å²) in [6.07, 6.45) is 5.76. The molecule has 3 atom stereocenters. The van der Waals surface area contributed by atoms with Gasteiger partial charge in [0.15, 0.2) is 0 Å². The highest BCUT2D eigenvalue weighted by Crippen LogP contribution is 2.37. The molecule has 1 aliphatic rings. The number of hydrogen-bond acceptors (Lipinski definition) is 4. The summed E-state index contributed by atoms with van der Waals surface area (Å²) in [5.41, 5.74) is 9.38. The molecule has 0 radical (unpaired) electrons. The van der Waals surface area contributed by atoms with Crippen LogP contribution in [0, 0.1) is 6.92 Å². The molecule has 3 aromatic rings. The van der Waals surface area contributed by atoms with Crippen LogP contribution in [0.5, 0.6) is 0 Å². The van der Waals surface area contributed by atoms with Gasteiger partial charge in [-0.25, -0.2) is 9.97 Å². The minimum absolute atomic E-state index is 0.00898. The molecule has 4 rings (SSSR count). The lowest BCUT2D eigenvalue weighted by atomic mass is 9.93. The second-order valence-electron chi connectivity index (χ2n) is 6.63. The van der Waals surface area contributed by atoms with Crippen LogP contribution in [0.3, 0.4) is 0 Å². The molecule has 124 valence electrons. The number of anilines is 1. The number of hydrogen-bond donors (Lipinski definition) is 1. The summed E-state index contributed by atoms with van der Waals surface area (Å²) >= 11 is 0. The summed E-state index contributed by atoms with van der Waals surface area (Å²) in [6, 6.07) is 10.7. The van der Waals surface area contributed by atoms with Crippen LogP contribution in [0.15, 0.2) is 42.9 Å². The number of nitrogens with two attached hydrogens (primary N) is 1. The molecule has 5 nitrogen and oxygen atoms in total. The first-order chi connectivity index (χ1) is 11.6. The Labute approximate surface area is 141 Å². The summed E-state index contributed by atoms with van der Waals surface area (Å²) in [5, 5.41) is 0.885. The van der Waals surface area contributed by atoms with Gasteiger partial charge < -0.3 is 15.0 Å². The molecule has 3 unspecified atom stereocenters. The lowest BCUT2D eigenvalue weighted by Gasteiger charge is -2.21. The van der Waals surface area contributed by atoms with Crippen molar-refractivity contribution in [3.63, 3.8) is 0 Å². The van der Waals surface area contributed by atoms with E-state index in [1.54, 1.807) is 0 Å². The minimum Gasteiger partial charge on any atom is -0.383 e. The predicted molar refractivity (Wildman–Crippen MR) is 94.7 cm³/mol. The van der Waals surface area contributed by atoms with Gasteiger partial charge in [-0.3, -0.25) is 0 Å². The number of aromatic nitrogens is 3. The zero-order chi connectivity index (χ0) is 16.7. The number of ether oxygens (including phenoxy) is 1. The van der Waals surface area contributed by atoms with Crippen molar-refractivity contribution in [3.05, 3.63) is 54.0 Å². The van der Waals surface area contributed by atoms with Crippen molar-refractivity contribution < 1.29 is 4.74 Å². The first-order valence-electron chi connectivity index (χ1n) is 8.42. The van der Waals surface area contributed by atoms with Gasteiger partial charge in [0, 0.05) is 12.1 Å². The van der Waals surface area contributed by atoms with Gasteiger partial charge in [-0.05, 0) is 31.4 Å². The van der Waals surface area contributed by atoms with E-state index in [0.29, 0.717) is 11.7 Å². The fraction of sp³-hybridized carbons (Fsp3) is 0.368. The van der Waals surface area contributed by atoms with Gasteiger partial charge in [0.1, 0.15) is 24.0 Å². The van der Waals surface area contributed by atoms with Gasteiger partial charge in [0.05, 0.1) is 11.5 Å². The SMILES string of the molecule is Cc1ccc(C(C)C2CCC(n3ccc4c(N)ncnc43)O2)cc1. The molecule has 1 aliphatic heterocycles. The van der Waals surface area contributed by atoms with Crippen LogP contribution in [0.2, 0.25) is 0 Å². The number of benzene rings is 1. The highest BCUT2D eigenvalue weighted by molar-refractivity contribution is 5.86.